The van der Waals surface area contributed by atoms with Gasteiger partial charge in [0.15, 0.2) is 5.65 Å². The van der Waals surface area contributed by atoms with Gasteiger partial charge in [0.2, 0.25) is 0 Å². The van der Waals surface area contributed by atoms with E-state index < -0.39 is 0 Å². The lowest BCUT2D eigenvalue weighted by Crippen LogP contribution is -2.11. The highest BCUT2D eigenvalue weighted by molar-refractivity contribution is 5.86. The topological polar surface area (TPSA) is 100 Å². The van der Waals surface area contributed by atoms with Crippen LogP contribution in [0.25, 0.3) is 27.6 Å². The van der Waals surface area contributed by atoms with Gasteiger partial charge in [-0.2, -0.15) is 10.2 Å². The van der Waals surface area contributed by atoms with Crippen LogP contribution in [-0.2, 0) is 0 Å². The van der Waals surface area contributed by atoms with Crippen molar-refractivity contribution in [2.75, 3.05) is 5.73 Å². The summed E-state index contributed by atoms with van der Waals surface area (Å²) in [6.45, 7) is 2.05. The van der Waals surface area contributed by atoms with Crippen LogP contribution in [0.3, 0.4) is 0 Å². The Balaban J connectivity index is 1.72. The predicted octanol–water partition coefficient (Wildman–Crippen LogP) is 2.75. The number of hydrogen-bond donors (Lipinski definition) is 1. The Morgan fingerprint density at radius 3 is 2.74 bits per heavy atom. The molecule has 1 atom stereocenters. The Morgan fingerprint density at radius 1 is 1.00 bits per heavy atom. The first kappa shape index (κ1) is 15.4. The molecule has 8 nitrogen and oxygen atoms in total. The molecule has 0 fully saturated rings. The number of hydrogen-bond acceptors (Lipinski definition) is 6. The van der Waals surface area contributed by atoms with Crippen molar-refractivity contribution >= 4 is 27.8 Å². The van der Waals surface area contributed by atoms with E-state index >= 15 is 0 Å². The molecule has 0 saturated heterocycles. The lowest BCUT2D eigenvalue weighted by Gasteiger charge is -2.11. The standard InChI is InChI=1S/C19H16N8/c1-12(26-19-15(10-24-26)18(20)22-11-23-19)17-14-6-2-3-7-16(14)27(25-17)13-5-4-8-21-9-13/h2-12H,1H3,(H2,20,22,23). The lowest BCUT2D eigenvalue weighted by atomic mass is 10.1. The second-order valence-corrected chi connectivity index (χ2v) is 6.29. The van der Waals surface area contributed by atoms with E-state index in [-0.39, 0.29) is 6.04 Å². The molecule has 0 spiro atoms. The molecule has 0 amide bonds. The molecule has 1 unspecified atom stereocenters. The minimum absolute atomic E-state index is 0.139. The van der Waals surface area contributed by atoms with Crippen LogP contribution < -0.4 is 5.73 Å². The van der Waals surface area contributed by atoms with E-state index in [0.717, 1.165) is 27.7 Å². The van der Waals surface area contributed by atoms with Crippen molar-refractivity contribution in [3.8, 4) is 5.69 Å². The second kappa shape index (κ2) is 5.87. The minimum atomic E-state index is -0.139. The molecule has 27 heavy (non-hydrogen) atoms. The van der Waals surface area contributed by atoms with Crippen molar-refractivity contribution in [3.05, 3.63) is 67.0 Å². The summed E-state index contributed by atoms with van der Waals surface area (Å²) >= 11 is 0. The molecule has 0 aliphatic carbocycles. The van der Waals surface area contributed by atoms with E-state index in [1.54, 1.807) is 18.6 Å². The summed E-state index contributed by atoms with van der Waals surface area (Å²) in [5.74, 6) is 0.421. The number of para-hydroxylation sites is 1. The number of pyridine rings is 1. The fourth-order valence-corrected chi connectivity index (χ4v) is 3.35. The molecule has 132 valence electrons. The van der Waals surface area contributed by atoms with Crippen molar-refractivity contribution in [1.29, 1.82) is 0 Å². The summed E-state index contributed by atoms with van der Waals surface area (Å²) in [6, 6.07) is 11.9. The second-order valence-electron chi connectivity index (χ2n) is 6.29. The number of nitrogens with zero attached hydrogens (tertiary/aromatic N) is 7. The number of benzene rings is 1. The first-order valence-corrected chi connectivity index (χ1v) is 8.56. The summed E-state index contributed by atoms with van der Waals surface area (Å²) in [6.07, 6.45) is 6.69. The molecule has 0 bridgehead atoms. The zero-order valence-electron chi connectivity index (χ0n) is 14.6. The molecule has 5 rings (SSSR count). The van der Waals surface area contributed by atoms with E-state index in [1.807, 2.05) is 46.6 Å². The third kappa shape index (κ3) is 2.34. The molecular weight excluding hydrogens is 340 g/mol. The maximum Gasteiger partial charge on any atom is 0.163 e. The van der Waals surface area contributed by atoms with Gasteiger partial charge >= 0.3 is 0 Å². The Bertz CT molecular complexity index is 1250. The van der Waals surface area contributed by atoms with Crippen LogP contribution in [0.1, 0.15) is 18.7 Å². The van der Waals surface area contributed by atoms with Crippen molar-refractivity contribution < 1.29 is 0 Å². The highest BCUT2D eigenvalue weighted by Gasteiger charge is 2.21. The van der Waals surface area contributed by atoms with Crippen LogP contribution >= 0.6 is 0 Å². The SMILES string of the molecule is CC(c1nn(-c2cccnc2)c2ccccc12)n1ncc2c(N)ncnc21. The lowest BCUT2D eigenvalue weighted by molar-refractivity contribution is 0.562. The number of nitrogen functional groups attached to an aromatic ring is 1. The first-order chi connectivity index (χ1) is 13.2. The van der Waals surface area contributed by atoms with Crippen molar-refractivity contribution in [2.45, 2.75) is 13.0 Å². The normalized spacial score (nSPS) is 12.6. The Kier molecular flexibility index (Phi) is 3.36. The van der Waals surface area contributed by atoms with E-state index in [1.165, 1.54) is 6.33 Å². The molecule has 0 aliphatic heterocycles. The van der Waals surface area contributed by atoms with Crippen molar-refractivity contribution in [2.24, 2.45) is 0 Å². The largest absolute Gasteiger partial charge is 0.383 e. The summed E-state index contributed by atoms with van der Waals surface area (Å²) in [4.78, 5) is 12.6. The Morgan fingerprint density at radius 2 is 1.89 bits per heavy atom. The van der Waals surface area contributed by atoms with E-state index in [4.69, 9.17) is 10.8 Å². The highest BCUT2D eigenvalue weighted by Crippen LogP contribution is 2.29. The number of rotatable bonds is 3. The minimum Gasteiger partial charge on any atom is -0.383 e. The van der Waals surface area contributed by atoms with Crippen LogP contribution in [0.15, 0.2) is 61.3 Å². The molecule has 0 saturated carbocycles. The molecule has 0 radical (unpaired) electrons. The first-order valence-electron chi connectivity index (χ1n) is 8.56. The number of fused-ring (bicyclic) bond motifs is 2. The van der Waals surface area contributed by atoms with Crippen LogP contribution in [0.4, 0.5) is 5.82 Å². The van der Waals surface area contributed by atoms with Crippen molar-refractivity contribution in [3.63, 3.8) is 0 Å². The van der Waals surface area contributed by atoms with E-state index in [9.17, 15) is 0 Å². The average molecular weight is 356 g/mol. The van der Waals surface area contributed by atoms with Crippen molar-refractivity contribution in [1.82, 2.24) is 34.5 Å². The molecule has 0 aliphatic rings. The number of aromatic nitrogens is 7. The quantitative estimate of drug-likeness (QED) is 0.533. The van der Waals surface area contributed by atoms with Gasteiger partial charge in [0.1, 0.15) is 12.1 Å². The molecule has 4 aromatic heterocycles. The molecule has 8 heteroatoms. The average Bonchev–Trinajstić information content (AvgIpc) is 3.31. The van der Waals surface area contributed by atoms with Gasteiger partial charge in [0.25, 0.3) is 0 Å². The molecule has 1 aromatic carbocycles. The van der Waals surface area contributed by atoms with E-state index in [2.05, 4.69) is 26.1 Å². The smallest absolute Gasteiger partial charge is 0.163 e. The monoisotopic (exact) mass is 356 g/mol. The summed E-state index contributed by atoms with van der Waals surface area (Å²) in [5.41, 5.74) is 9.46. The van der Waals surface area contributed by atoms with Gasteiger partial charge in [0, 0.05) is 11.6 Å². The zero-order valence-corrected chi connectivity index (χ0v) is 14.6. The van der Waals surface area contributed by atoms with Gasteiger partial charge in [-0.25, -0.2) is 19.3 Å². The summed E-state index contributed by atoms with van der Waals surface area (Å²) in [7, 11) is 0. The maximum atomic E-state index is 5.95. The highest BCUT2D eigenvalue weighted by atomic mass is 15.4. The third-order valence-corrected chi connectivity index (χ3v) is 4.69. The van der Waals surface area contributed by atoms with Gasteiger partial charge in [-0.15, -0.1) is 0 Å². The van der Waals surface area contributed by atoms with Gasteiger partial charge in [-0.3, -0.25) is 4.98 Å². The number of nitrogens with two attached hydrogens (primary N) is 1. The van der Waals surface area contributed by atoms with Crippen LogP contribution in [0.5, 0.6) is 0 Å². The zero-order chi connectivity index (χ0) is 18.4. The van der Waals surface area contributed by atoms with Gasteiger partial charge in [-0.05, 0) is 25.1 Å². The van der Waals surface area contributed by atoms with Gasteiger partial charge in [-0.1, -0.05) is 18.2 Å². The molecular formula is C19H16N8. The fourth-order valence-electron chi connectivity index (χ4n) is 3.35. The van der Waals surface area contributed by atoms with Crippen LogP contribution in [-0.4, -0.2) is 34.5 Å². The fraction of sp³-hybridized carbons (Fsp3) is 0.105. The molecule has 5 aromatic rings. The van der Waals surface area contributed by atoms with E-state index in [0.29, 0.717) is 11.5 Å². The molecule has 4 heterocycles. The summed E-state index contributed by atoms with van der Waals surface area (Å²) < 4.78 is 3.74. The Labute approximate surface area is 154 Å². The van der Waals surface area contributed by atoms with Crippen LogP contribution in [0, 0.1) is 0 Å². The van der Waals surface area contributed by atoms with Gasteiger partial charge in [0.05, 0.1) is 40.7 Å². The number of anilines is 1. The Hall–Kier alpha value is -3.81. The van der Waals surface area contributed by atoms with Crippen LogP contribution in [0.2, 0.25) is 0 Å². The third-order valence-electron chi connectivity index (χ3n) is 4.69. The predicted molar refractivity (Wildman–Crippen MR) is 102 cm³/mol. The summed E-state index contributed by atoms with van der Waals surface area (Å²) in [5, 5.41) is 11.2. The maximum absolute atomic E-state index is 5.95. The van der Waals surface area contributed by atoms with Gasteiger partial charge < -0.3 is 5.73 Å². The molecule has 2 N–H and O–H groups in total.